The summed E-state index contributed by atoms with van der Waals surface area (Å²) in [5, 5.41) is 17.2. The van der Waals surface area contributed by atoms with E-state index in [0.29, 0.717) is 10.6 Å². The molecule has 2 aromatic carbocycles. The van der Waals surface area contributed by atoms with Crippen LogP contribution in [0.5, 0.6) is 0 Å². The minimum atomic E-state index is -1.07. The van der Waals surface area contributed by atoms with E-state index in [1.165, 1.54) is 23.9 Å². The van der Waals surface area contributed by atoms with E-state index in [2.05, 4.69) is 0 Å². The van der Waals surface area contributed by atoms with Crippen molar-refractivity contribution < 1.29 is 9.90 Å². The fraction of sp³-hybridized carbons (Fsp3) is 0.0667. The largest absolute Gasteiger partial charge is 0.478 e. The molecule has 0 aliphatic heterocycles. The van der Waals surface area contributed by atoms with Crippen LogP contribution in [0.3, 0.4) is 0 Å². The number of carboxylic acid groups (broad SMARTS) is 1. The van der Waals surface area contributed by atoms with Gasteiger partial charge >= 0.3 is 5.97 Å². The van der Waals surface area contributed by atoms with Crippen molar-refractivity contribution in [1.82, 2.24) is 0 Å². The lowest BCUT2D eigenvalue weighted by Crippen LogP contribution is -2.15. The van der Waals surface area contributed by atoms with Crippen LogP contribution in [0.4, 0.5) is 0 Å². The van der Waals surface area contributed by atoms with Crippen LogP contribution in [-0.2, 0) is 5.75 Å². The Morgan fingerprint density at radius 3 is 2.48 bits per heavy atom. The van der Waals surface area contributed by atoms with Crippen LogP contribution in [0.1, 0.15) is 21.5 Å². The maximum absolute atomic E-state index is 11.4. The average Bonchev–Trinajstić information content (AvgIpc) is 2.45. The van der Waals surface area contributed by atoms with Gasteiger partial charge in [0.25, 0.3) is 0 Å². The maximum Gasteiger partial charge on any atom is 0.336 e. The molecule has 4 nitrogen and oxygen atoms in total. The molecule has 0 unspecified atom stereocenters. The van der Waals surface area contributed by atoms with Crippen LogP contribution in [-0.4, -0.2) is 16.9 Å². The van der Waals surface area contributed by atoms with Gasteiger partial charge in [-0.05, 0) is 17.7 Å². The molecule has 0 fully saturated rings. The first kappa shape index (κ1) is 15.4. The van der Waals surface area contributed by atoms with E-state index < -0.39 is 5.97 Å². The third kappa shape index (κ3) is 3.56. The zero-order valence-electron chi connectivity index (χ0n) is 11.0. The Morgan fingerprint density at radius 2 is 1.90 bits per heavy atom. The van der Waals surface area contributed by atoms with E-state index in [4.69, 9.17) is 22.7 Å². The lowest BCUT2D eigenvalue weighted by atomic mass is 10.1. The molecule has 0 aliphatic carbocycles. The Labute approximate surface area is 131 Å². The van der Waals surface area contributed by atoms with Crippen LogP contribution in [0.15, 0.2) is 47.4 Å². The highest BCUT2D eigenvalue weighted by atomic mass is 35.5. The number of aromatic carboxylic acids is 1. The summed E-state index contributed by atoms with van der Waals surface area (Å²) < 4.78 is 0. The smallest absolute Gasteiger partial charge is 0.336 e. The van der Waals surface area contributed by atoms with E-state index in [1.807, 2.05) is 30.3 Å². The molecule has 6 heteroatoms. The molecule has 4 N–H and O–H groups in total. The summed E-state index contributed by atoms with van der Waals surface area (Å²) in [4.78, 5) is 11.8. The number of nitrogens with one attached hydrogen (secondary N) is 1. The zero-order chi connectivity index (χ0) is 15.4. The molecule has 0 aliphatic rings. The normalized spacial score (nSPS) is 10.3. The Balaban J connectivity index is 2.42. The average molecular weight is 321 g/mol. The molecule has 2 rings (SSSR count). The lowest BCUT2D eigenvalue weighted by molar-refractivity contribution is 0.0693. The zero-order valence-corrected chi connectivity index (χ0v) is 12.5. The molecule has 0 aromatic heterocycles. The SMILES string of the molecule is N=C(N)c1c(Cl)ccc(C(=O)O)c1SCc1ccccc1. The molecular formula is C15H13ClN2O2S. The predicted octanol–water partition coefficient (Wildman–Crippen LogP) is 3.61. The molecule has 108 valence electrons. The molecule has 0 saturated heterocycles. The maximum atomic E-state index is 11.4. The van der Waals surface area contributed by atoms with E-state index in [-0.39, 0.29) is 22.0 Å². The topological polar surface area (TPSA) is 87.2 Å². The number of carbonyl (C=O) groups is 1. The highest BCUT2D eigenvalue weighted by Gasteiger charge is 2.19. The van der Waals surface area contributed by atoms with Crippen molar-refractivity contribution in [2.45, 2.75) is 10.6 Å². The Morgan fingerprint density at radius 1 is 1.24 bits per heavy atom. The van der Waals surface area contributed by atoms with Crippen LogP contribution in [0.25, 0.3) is 0 Å². The predicted molar refractivity (Wildman–Crippen MR) is 85.4 cm³/mol. The van der Waals surface area contributed by atoms with E-state index in [1.54, 1.807) is 0 Å². The van der Waals surface area contributed by atoms with Gasteiger partial charge in [0, 0.05) is 16.2 Å². The van der Waals surface area contributed by atoms with Crippen LogP contribution in [0, 0.1) is 5.41 Å². The van der Waals surface area contributed by atoms with Crippen molar-refractivity contribution in [3.63, 3.8) is 0 Å². The van der Waals surface area contributed by atoms with Crippen molar-refractivity contribution in [3.8, 4) is 0 Å². The van der Waals surface area contributed by atoms with Crippen LogP contribution >= 0.6 is 23.4 Å². The highest BCUT2D eigenvalue weighted by molar-refractivity contribution is 7.98. The molecule has 0 radical (unpaired) electrons. The summed E-state index contributed by atoms with van der Waals surface area (Å²) in [7, 11) is 0. The van der Waals surface area contributed by atoms with Crippen molar-refractivity contribution in [2.75, 3.05) is 0 Å². The number of hydrogen-bond donors (Lipinski definition) is 3. The van der Waals surface area contributed by atoms with Gasteiger partial charge in [0.2, 0.25) is 0 Å². The first-order chi connectivity index (χ1) is 10.0. The number of nitrogens with two attached hydrogens (primary N) is 1. The second-order valence-corrected chi connectivity index (χ2v) is 5.68. The van der Waals surface area contributed by atoms with E-state index in [0.717, 1.165) is 5.56 Å². The number of amidine groups is 1. The molecule has 2 aromatic rings. The molecule has 0 heterocycles. The van der Waals surface area contributed by atoms with Gasteiger partial charge in [-0.2, -0.15) is 0 Å². The minimum absolute atomic E-state index is 0.102. The summed E-state index contributed by atoms with van der Waals surface area (Å²) >= 11 is 7.37. The van der Waals surface area contributed by atoms with Gasteiger partial charge in [-0.3, -0.25) is 5.41 Å². The van der Waals surface area contributed by atoms with Gasteiger partial charge in [0.1, 0.15) is 5.84 Å². The Kier molecular flexibility index (Phi) is 4.88. The Bertz CT molecular complexity index is 690. The van der Waals surface area contributed by atoms with Crippen molar-refractivity contribution in [1.29, 1.82) is 5.41 Å². The van der Waals surface area contributed by atoms with E-state index in [9.17, 15) is 9.90 Å². The first-order valence-electron chi connectivity index (χ1n) is 6.07. The van der Waals surface area contributed by atoms with Gasteiger partial charge in [0.15, 0.2) is 0 Å². The second kappa shape index (κ2) is 6.65. The van der Waals surface area contributed by atoms with Gasteiger partial charge in [-0.1, -0.05) is 41.9 Å². The van der Waals surface area contributed by atoms with Crippen molar-refractivity contribution in [2.24, 2.45) is 5.73 Å². The number of rotatable bonds is 5. The second-order valence-electron chi connectivity index (χ2n) is 4.29. The summed E-state index contributed by atoms with van der Waals surface area (Å²) in [5.41, 5.74) is 6.97. The van der Waals surface area contributed by atoms with Crippen molar-refractivity contribution >= 4 is 35.2 Å². The summed E-state index contributed by atoms with van der Waals surface area (Å²) in [6.45, 7) is 0. The number of nitrogen functional groups attached to an aromatic ring is 1. The van der Waals surface area contributed by atoms with Crippen molar-refractivity contribution in [3.05, 3.63) is 64.2 Å². The first-order valence-corrected chi connectivity index (χ1v) is 7.44. The minimum Gasteiger partial charge on any atom is -0.478 e. The van der Waals surface area contributed by atoms with Crippen LogP contribution in [0.2, 0.25) is 5.02 Å². The molecule has 21 heavy (non-hydrogen) atoms. The standard InChI is InChI=1S/C15H13ClN2O2S/c16-11-7-6-10(15(19)20)13(12(11)14(17)18)21-8-9-4-2-1-3-5-9/h1-7H,8H2,(H3,17,18)(H,19,20). The molecular weight excluding hydrogens is 308 g/mol. The van der Waals surface area contributed by atoms with Gasteiger partial charge in [-0.15, -0.1) is 11.8 Å². The Hall–Kier alpha value is -1.98. The summed E-state index contributed by atoms with van der Waals surface area (Å²) in [6.07, 6.45) is 0. The third-order valence-corrected chi connectivity index (χ3v) is 4.34. The number of thioether (sulfide) groups is 1. The lowest BCUT2D eigenvalue weighted by Gasteiger charge is -2.13. The number of halogens is 1. The van der Waals surface area contributed by atoms with Gasteiger partial charge in [-0.25, -0.2) is 4.79 Å². The molecule has 0 amide bonds. The third-order valence-electron chi connectivity index (χ3n) is 2.83. The molecule has 0 atom stereocenters. The number of benzene rings is 2. The summed E-state index contributed by atoms with van der Waals surface area (Å²) in [5.74, 6) is -0.731. The van der Waals surface area contributed by atoms with E-state index >= 15 is 0 Å². The summed E-state index contributed by atoms with van der Waals surface area (Å²) in [6, 6.07) is 12.5. The van der Waals surface area contributed by atoms with Crippen LogP contribution < -0.4 is 5.73 Å². The van der Waals surface area contributed by atoms with Gasteiger partial charge in [0.05, 0.1) is 10.6 Å². The molecule has 0 spiro atoms. The molecule has 0 bridgehead atoms. The fourth-order valence-electron chi connectivity index (χ4n) is 1.86. The number of carboxylic acids is 1. The van der Waals surface area contributed by atoms with Gasteiger partial charge < -0.3 is 10.8 Å². The quantitative estimate of drug-likeness (QED) is 0.446. The highest BCUT2D eigenvalue weighted by Crippen LogP contribution is 2.34. The monoisotopic (exact) mass is 320 g/mol. The fourth-order valence-corrected chi connectivity index (χ4v) is 3.35. The number of hydrogen-bond acceptors (Lipinski definition) is 3. The molecule has 0 saturated carbocycles.